The van der Waals surface area contributed by atoms with Crippen molar-refractivity contribution in [2.75, 3.05) is 20.8 Å². The highest BCUT2D eigenvalue weighted by molar-refractivity contribution is 7.89. The topological polar surface area (TPSA) is 68.7 Å². The summed E-state index contributed by atoms with van der Waals surface area (Å²) in [7, 11) is -0.604. The Bertz CT molecular complexity index is 794. The zero-order valence-electron chi connectivity index (χ0n) is 13.7. The van der Waals surface area contributed by atoms with Gasteiger partial charge in [0.15, 0.2) is 11.5 Å². The van der Waals surface area contributed by atoms with Crippen LogP contribution >= 0.6 is 11.6 Å². The molecule has 0 fully saturated rings. The molecule has 0 saturated carbocycles. The van der Waals surface area contributed by atoms with E-state index in [1.54, 1.807) is 25.3 Å². The van der Waals surface area contributed by atoms with Crippen LogP contribution in [0.25, 0.3) is 0 Å². The molecular formula is C16H19ClN2O4S. The molecule has 6 nitrogen and oxygen atoms in total. The molecule has 0 saturated heterocycles. The van der Waals surface area contributed by atoms with Crippen molar-refractivity contribution in [2.45, 2.75) is 18.4 Å². The molecule has 1 heterocycles. The molecule has 130 valence electrons. The van der Waals surface area contributed by atoms with Crippen molar-refractivity contribution >= 4 is 21.6 Å². The summed E-state index contributed by atoms with van der Waals surface area (Å²) >= 11 is 5.70. The van der Waals surface area contributed by atoms with Crippen LogP contribution < -0.4 is 9.47 Å². The fraction of sp³-hybridized carbons (Fsp3) is 0.312. The lowest BCUT2D eigenvalue weighted by Gasteiger charge is -2.18. The summed E-state index contributed by atoms with van der Waals surface area (Å²) in [5.41, 5.74) is 0.781. The molecule has 0 atom stereocenters. The second kappa shape index (κ2) is 7.83. The van der Waals surface area contributed by atoms with Gasteiger partial charge in [0, 0.05) is 19.8 Å². The fourth-order valence-corrected chi connectivity index (χ4v) is 3.34. The molecule has 2 rings (SSSR count). The Kier molecular flexibility index (Phi) is 6.04. The normalized spacial score (nSPS) is 11.5. The lowest BCUT2D eigenvalue weighted by molar-refractivity contribution is 0.310. The van der Waals surface area contributed by atoms with E-state index in [1.807, 2.05) is 6.92 Å². The lowest BCUT2D eigenvalue weighted by atomic mass is 10.2. The number of aromatic nitrogens is 1. The number of pyridine rings is 1. The number of hydrogen-bond acceptors (Lipinski definition) is 5. The van der Waals surface area contributed by atoms with Crippen molar-refractivity contribution < 1.29 is 17.9 Å². The van der Waals surface area contributed by atoms with Crippen molar-refractivity contribution in [3.63, 3.8) is 0 Å². The molecule has 0 aliphatic heterocycles. The van der Waals surface area contributed by atoms with Gasteiger partial charge in [-0.25, -0.2) is 13.4 Å². The largest absolute Gasteiger partial charge is 0.493 e. The number of hydrogen-bond donors (Lipinski definition) is 0. The van der Waals surface area contributed by atoms with Crippen molar-refractivity contribution in [1.82, 2.24) is 9.29 Å². The van der Waals surface area contributed by atoms with Gasteiger partial charge in [-0.3, -0.25) is 0 Å². The first kappa shape index (κ1) is 18.5. The predicted octanol–water partition coefficient (Wildman–Crippen LogP) is 2.96. The minimum Gasteiger partial charge on any atom is -0.493 e. The SMILES string of the molecule is CCOc1ccc(CN(C)S(=O)(=O)c2ccc(Cl)nc2)cc1OC. The van der Waals surface area contributed by atoms with Crippen molar-refractivity contribution in [3.05, 3.63) is 47.2 Å². The summed E-state index contributed by atoms with van der Waals surface area (Å²) in [6.45, 7) is 2.59. The van der Waals surface area contributed by atoms with Crippen LogP contribution in [0.2, 0.25) is 5.15 Å². The zero-order valence-corrected chi connectivity index (χ0v) is 15.3. The van der Waals surface area contributed by atoms with E-state index >= 15 is 0 Å². The summed E-state index contributed by atoms with van der Waals surface area (Å²) in [6, 6.07) is 8.21. The monoisotopic (exact) mass is 370 g/mol. The molecule has 0 aliphatic carbocycles. The number of sulfonamides is 1. The second-order valence-corrected chi connectivity index (χ2v) is 7.43. The van der Waals surface area contributed by atoms with Gasteiger partial charge >= 0.3 is 0 Å². The average Bonchev–Trinajstić information content (AvgIpc) is 2.56. The molecule has 0 bridgehead atoms. The van der Waals surface area contributed by atoms with Gasteiger partial charge in [-0.15, -0.1) is 0 Å². The van der Waals surface area contributed by atoms with Crippen molar-refractivity contribution in [3.8, 4) is 11.5 Å². The molecule has 2 aromatic rings. The van der Waals surface area contributed by atoms with E-state index in [2.05, 4.69) is 4.98 Å². The third kappa shape index (κ3) is 4.17. The first-order valence-corrected chi connectivity index (χ1v) is 9.08. The number of nitrogens with zero attached hydrogens (tertiary/aromatic N) is 2. The number of methoxy groups -OCH3 is 1. The van der Waals surface area contributed by atoms with E-state index in [0.29, 0.717) is 18.1 Å². The van der Waals surface area contributed by atoms with Gasteiger partial charge in [-0.1, -0.05) is 17.7 Å². The highest BCUT2D eigenvalue weighted by Gasteiger charge is 2.21. The molecule has 0 amide bonds. The van der Waals surface area contributed by atoms with Crippen LogP contribution in [-0.2, 0) is 16.6 Å². The first-order chi connectivity index (χ1) is 11.4. The molecule has 1 aromatic carbocycles. The highest BCUT2D eigenvalue weighted by Crippen LogP contribution is 2.29. The Hall–Kier alpha value is -1.83. The quantitative estimate of drug-likeness (QED) is 0.701. The first-order valence-electron chi connectivity index (χ1n) is 7.26. The molecule has 24 heavy (non-hydrogen) atoms. The van der Waals surface area contributed by atoms with E-state index in [0.717, 1.165) is 5.56 Å². The van der Waals surface area contributed by atoms with Crippen LogP contribution in [0, 0.1) is 0 Å². The molecule has 0 N–H and O–H groups in total. The maximum absolute atomic E-state index is 12.6. The van der Waals surface area contributed by atoms with Crippen molar-refractivity contribution in [1.29, 1.82) is 0 Å². The summed E-state index contributed by atoms with van der Waals surface area (Å²) in [4.78, 5) is 3.91. The van der Waals surface area contributed by atoms with E-state index in [9.17, 15) is 8.42 Å². The Balaban J connectivity index is 2.22. The van der Waals surface area contributed by atoms with Gasteiger partial charge in [0.2, 0.25) is 10.0 Å². The summed E-state index contributed by atoms with van der Waals surface area (Å²) in [6.07, 6.45) is 1.24. The molecule has 0 unspecified atom stereocenters. The zero-order chi connectivity index (χ0) is 17.7. The molecule has 0 aliphatic rings. The Labute approximate surface area is 147 Å². The molecule has 1 aromatic heterocycles. The number of ether oxygens (including phenoxy) is 2. The molecule has 0 radical (unpaired) electrons. The third-order valence-electron chi connectivity index (χ3n) is 3.34. The minimum absolute atomic E-state index is 0.0901. The smallest absolute Gasteiger partial charge is 0.244 e. The maximum atomic E-state index is 12.6. The Morgan fingerprint density at radius 3 is 2.54 bits per heavy atom. The number of benzene rings is 1. The summed E-state index contributed by atoms with van der Waals surface area (Å²) in [5, 5.41) is 0.243. The van der Waals surface area contributed by atoms with Crippen molar-refractivity contribution in [2.24, 2.45) is 0 Å². The summed E-state index contributed by atoms with van der Waals surface area (Å²) in [5.74, 6) is 1.18. The van der Waals surface area contributed by atoms with Crippen LogP contribution in [-0.4, -0.2) is 38.5 Å². The predicted molar refractivity (Wildman–Crippen MR) is 92.1 cm³/mol. The minimum atomic E-state index is -3.65. The molecule has 8 heteroatoms. The Morgan fingerprint density at radius 1 is 1.21 bits per heavy atom. The van der Waals surface area contributed by atoms with Gasteiger partial charge in [0.1, 0.15) is 10.0 Å². The van der Waals surface area contributed by atoms with Gasteiger partial charge < -0.3 is 9.47 Å². The number of halogens is 1. The molecular weight excluding hydrogens is 352 g/mol. The van der Waals surface area contributed by atoms with E-state index in [-0.39, 0.29) is 16.6 Å². The van der Waals surface area contributed by atoms with Crippen LogP contribution in [0.15, 0.2) is 41.4 Å². The summed E-state index contributed by atoms with van der Waals surface area (Å²) < 4.78 is 37.1. The van der Waals surface area contributed by atoms with Crippen LogP contribution in [0.5, 0.6) is 11.5 Å². The highest BCUT2D eigenvalue weighted by atomic mass is 35.5. The van der Waals surface area contributed by atoms with Crippen LogP contribution in [0.3, 0.4) is 0 Å². The van der Waals surface area contributed by atoms with Gasteiger partial charge in [-0.2, -0.15) is 4.31 Å². The van der Waals surface area contributed by atoms with E-state index in [1.165, 1.54) is 29.7 Å². The van der Waals surface area contributed by atoms with Crippen LogP contribution in [0.1, 0.15) is 12.5 Å². The maximum Gasteiger partial charge on any atom is 0.244 e. The number of rotatable bonds is 7. The van der Waals surface area contributed by atoms with E-state index < -0.39 is 10.0 Å². The van der Waals surface area contributed by atoms with Crippen LogP contribution in [0.4, 0.5) is 0 Å². The molecule has 0 spiro atoms. The Morgan fingerprint density at radius 2 is 1.96 bits per heavy atom. The van der Waals surface area contributed by atoms with Gasteiger partial charge in [0.25, 0.3) is 0 Å². The standard InChI is InChI=1S/C16H19ClN2O4S/c1-4-23-14-7-5-12(9-15(14)22-3)11-19(2)24(20,21)13-6-8-16(17)18-10-13/h5-10H,4,11H2,1-3H3. The van der Waals surface area contributed by atoms with Gasteiger partial charge in [-0.05, 0) is 36.8 Å². The van der Waals surface area contributed by atoms with E-state index in [4.69, 9.17) is 21.1 Å². The second-order valence-electron chi connectivity index (χ2n) is 5.00. The van der Waals surface area contributed by atoms with Gasteiger partial charge in [0.05, 0.1) is 13.7 Å². The lowest BCUT2D eigenvalue weighted by Crippen LogP contribution is -2.26. The average molecular weight is 371 g/mol. The third-order valence-corrected chi connectivity index (χ3v) is 5.35. The fourth-order valence-electron chi connectivity index (χ4n) is 2.12.